The molecule has 0 radical (unpaired) electrons. The molecule has 2 N–H and O–H groups in total. The number of halogens is 2. The van der Waals surface area contributed by atoms with E-state index in [2.05, 4.69) is 40.4 Å². The molecule has 13 heteroatoms. The standard InChI is InChI=1S/C25H26ClFN8O2S/c1-14-10-28-21-19-17(38-22(21)23(36)31-14)3-2-16-20(19)29-12-18(32-16)37-24-15(11-30-25(26)33-24)13-35-8-6-34(5-4-27)7-9-35/h2-3,11-12,14,28H,4-10,13H2,1H3,(H,31,36)/t14-/m1/s1. The van der Waals surface area contributed by atoms with E-state index in [9.17, 15) is 9.18 Å². The number of nitrogens with one attached hydrogen (secondary N) is 2. The number of hydrogen-bond acceptors (Lipinski definition) is 10. The summed E-state index contributed by atoms with van der Waals surface area (Å²) >= 11 is 7.53. The van der Waals surface area contributed by atoms with E-state index in [1.807, 2.05) is 19.1 Å². The molecule has 38 heavy (non-hydrogen) atoms. The molecule has 1 aromatic carbocycles. The van der Waals surface area contributed by atoms with E-state index in [-0.39, 0.29) is 29.8 Å². The molecule has 0 bridgehead atoms. The minimum absolute atomic E-state index is 0.0195. The van der Waals surface area contributed by atoms with Crippen LogP contribution in [-0.4, -0.2) is 87.6 Å². The highest BCUT2D eigenvalue weighted by Gasteiger charge is 2.25. The lowest BCUT2D eigenvalue weighted by Gasteiger charge is -2.34. The van der Waals surface area contributed by atoms with Crippen LogP contribution in [0.25, 0.3) is 21.1 Å². The highest BCUT2D eigenvalue weighted by molar-refractivity contribution is 7.21. The maximum Gasteiger partial charge on any atom is 0.263 e. The van der Waals surface area contributed by atoms with Gasteiger partial charge in [0.15, 0.2) is 0 Å². The summed E-state index contributed by atoms with van der Waals surface area (Å²) in [5.74, 6) is 0.515. The van der Waals surface area contributed by atoms with Crippen molar-refractivity contribution in [2.24, 2.45) is 0 Å². The molecule has 0 unspecified atom stereocenters. The molecule has 1 atom stereocenters. The molecule has 4 aromatic rings. The summed E-state index contributed by atoms with van der Waals surface area (Å²) in [4.78, 5) is 35.5. The average molecular weight is 557 g/mol. The first kappa shape index (κ1) is 25.1. The Kier molecular flexibility index (Phi) is 6.95. The topological polar surface area (TPSA) is 108 Å². The van der Waals surface area contributed by atoms with Crippen molar-refractivity contribution in [3.8, 4) is 11.8 Å². The number of carbonyl (C=O) groups is 1. The molecule has 0 aliphatic carbocycles. The fourth-order valence-corrected chi connectivity index (χ4v) is 6.03. The number of nitrogens with zero attached hydrogens (tertiary/aromatic N) is 6. The molecule has 2 aliphatic heterocycles. The van der Waals surface area contributed by atoms with Crippen LogP contribution in [0.1, 0.15) is 22.2 Å². The zero-order valence-electron chi connectivity index (χ0n) is 20.7. The number of benzene rings is 1. The molecule has 0 saturated carbocycles. The van der Waals surface area contributed by atoms with Gasteiger partial charge in [0.05, 0.1) is 22.9 Å². The first-order chi connectivity index (χ1) is 18.5. The summed E-state index contributed by atoms with van der Waals surface area (Å²) in [6, 6.07) is 3.84. The van der Waals surface area contributed by atoms with Gasteiger partial charge in [-0.1, -0.05) is 0 Å². The lowest BCUT2D eigenvalue weighted by atomic mass is 10.1. The monoisotopic (exact) mass is 556 g/mol. The van der Waals surface area contributed by atoms with E-state index < -0.39 is 0 Å². The smallest absolute Gasteiger partial charge is 0.263 e. The predicted molar refractivity (Wildman–Crippen MR) is 145 cm³/mol. The second kappa shape index (κ2) is 10.5. The minimum Gasteiger partial charge on any atom is -0.418 e. The number of anilines is 1. The van der Waals surface area contributed by atoms with Gasteiger partial charge in [0.1, 0.15) is 11.6 Å². The summed E-state index contributed by atoms with van der Waals surface area (Å²) in [5, 5.41) is 7.36. The summed E-state index contributed by atoms with van der Waals surface area (Å²) in [5.41, 5.74) is 2.89. The molecule has 10 nitrogen and oxygen atoms in total. The van der Waals surface area contributed by atoms with E-state index in [1.165, 1.54) is 11.3 Å². The van der Waals surface area contributed by atoms with Crippen LogP contribution in [0.5, 0.6) is 11.8 Å². The molecular weight excluding hydrogens is 531 g/mol. The fourth-order valence-electron chi connectivity index (χ4n) is 4.82. The second-order valence-electron chi connectivity index (χ2n) is 9.45. The number of piperazine rings is 1. The van der Waals surface area contributed by atoms with Crippen molar-refractivity contribution in [3.05, 3.63) is 40.3 Å². The Labute approximate surface area is 227 Å². The molecule has 1 fully saturated rings. The van der Waals surface area contributed by atoms with Crippen LogP contribution < -0.4 is 15.4 Å². The summed E-state index contributed by atoms with van der Waals surface area (Å²) < 4.78 is 19.7. The van der Waals surface area contributed by atoms with Crippen molar-refractivity contribution in [2.75, 3.05) is 51.3 Å². The van der Waals surface area contributed by atoms with E-state index >= 15 is 0 Å². The highest BCUT2D eigenvalue weighted by atomic mass is 35.5. The van der Waals surface area contributed by atoms with Crippen LogP contribution >= 0.6 is 22.9 Å². The Balaban J connectivity index is 1.28. The van der Waals surface area contributed by atoms with Gasteiger partial charge >= 0.3 is 0 Å². The highest BCUT2D eigenvalue weighted by Crippen LogP contribution is 2.40. The van der Waals surface area contributed by atoms with Gasteiger partial charge in [-0.05, 0) is 30.7 Å². The van der Waals surface area contributed by atoms with Gasteiger partial charge in [-0.3, -0.25) is 14.6 Å². The molecule has 3 aromatic heterocycles. The lowest BCUT2D eigenvalue weighted by molar-refractivity contribution is 0.0949. The summed E-state index contributed by atoms with van der Waals surface area (Å²) in [6.07, 6.45) is 3.22. The summed E-state index contributed by atoms with van der Waals surface area (Å²) in [6.45, 7) is 6.53. The molecule has 2 aliphatic rings. The molecule has 0 spiro atoms. The third kappa shape index (κ3) is 4.96. The van der Waals surface area contributed by atoms with Gasteiger partial charge in [0.25, 0.3) is 5.91 Å². The molecule has 1 saturated heterocycles. The first-order valence-electron chi connectivity index (χ1n) is 12.5. The molecule has 198 valence electrons. The Hall–Kier alpha value is -3.19. The number of aromatic nitrogens is 4. The number of fused-ring (bicyclic) bond motifs is 5. The number of amides is 1. The van der Waals surface area contributed by atoms with E-state index in [1.54, 1.807) is 12.4 Å². The predicted octanol–water partition coefficient (Wildman–Crippen LogP) is 3.71. The normalized spacial score (nSPS) is 18.7. The third-order valence-electron chi connectivity index (χ3n) is 6.77. The maximum absolute atomic E-state index is 12.7. The average Bonchev–Trinajstić information content (AvgIpc) is 3.23. The Morgan fingerprint density at radius 1 is 1.16 bits per heavy atom. The maximum atomic E-state index is 12.7. The van der Waals surface area contributed by atoms with Crippen LogP contribution in [0.2, 0.25) is 5.28 Å². The van der Waals surface area contributed by atoms with Crippen LogP contribution in [-0.2, 0) is 6.54 Å². The number of thiophene rings is 1. The van der Waals surface area contributed by atoms with Crippen molar-refractivity contribution in [2.45, 2.75) is 19.5 Å². The van der Waals surface area contributed by atoms with E-state index in [0.717, 1.165) is 47.5 Å². The van der Waals surface area contributed by atoms with Crippen molar-refractivity contribution in [3.63, 3.8) is 0 Å². The van der Waals surface area contributed by atoms with Gasteiger partial charge in [-0.15, -0.1) is 11.3 Å². The fraction of sp³-hybridized carbons (Fsp3) is 0.400. The number of alkyl halides is 1. The second-order valence-corrected chi connectivity index (χ2v) is 10.8. The Morgan fingerprint density at radius 2 is 1.97 bits per heavy atom. The first-order valence-corrected chi connectivity index (χ1v) is 13.6. The number of carbonyl (C=O) groups excluding carboxylic acids is 1. The SMILES string of the molecule is C[C@@H]1CNc2c(sc3ccc4nc(Oc5nc(Cl)ncc5CN5CCN(CCF)CC5)cnc4c23)C(=O)N1. The van der Waals surface area contributed by atoms with E-state index in [0.29, 0.717) is 41.4 Å². The Bertz CT molecular complexity index is 1510. The van der Waals surface area contributed by atoms with E-state index in [4.69, 9.17) is 16.3 Å². The third-order valence-corrected chi connectivity index (χ3v) is 8.10. The van der Waals surface area contributed by atoms with Gasteiger partial charge in [-0.25, -0.2) is 19.3 Å². The van der Waals surface area contributed by atoms with Crippen LogP contribution in [0.15, 0.2) is 24.5 Å². The molecule has 6 rings (SSSR count). The molecule has 5 heterocycles. The van der Waals surface area contributed by atoms with Crippen molar-refractivity contribution in [1.82, 2.24) is 35.1 Å². The lowest BCUT2D eigenvalue weighted by Crippen LogP contribution is -2.46. The Morgan fingerprint density at radius 3 is 2.79 bits per heavy atom. The number of ether oxygens (including phenoxy) is 1. The quantitative estimate of drug-likeness (QED) is 0.343. The largest absolute Gasteiger partial charge is 0.418 e. The van der Waals surface area contributed by atoms with Gasteiger partial charge < -0.3 is 15.4 Å². The molecule has 1 amide bonds. The zero-order chi connectivity index (χ0) is 26.2. The van der Waals surface area contributed by atoms with Gasteiger partial charge in [0.2, 0.25) is 17.0 Å². The summed E-state index contributed by atoms with van der Waals surface area (Å²) in [7, 11) is 0. The van der Waals surface area contributed by atoms with Crippen LogP contribution in [0.3, 0.4) is 0 Å². The molecular formula is C25H26ClFN8O2S. The number of hydrogen-bond donors (Lipinski definition) is 2. The van der Waals surface area contributed by atoms with Crippen LogP contribution in [0.4, 0.5) is 10.1 Å². The van der Waals surface area contributed by atoms with Gasteiger partial charge in [-0.2, -0.15) is 4.98 Å². The number of rotatable bonds is 6. The minimum atomic E-state index is -0.332. The van der Waals surface area contributed by atoms with Crippen molar-refractivity contribution >= 4 is 55.7 Å². The van der Waals surface area contributed by atoms with Gasteiger partial charge in [0, 0.05) is 73.7 Å². The van der Waals surface area contributed by atoms with Crippen LogP contribution in [0, 0.1) is 0 Å². The van der Waals surface area contributed by atoms with Crippen molar-refractivity contribution in [1.29, 1.82) is 0 Å². The zero-order valence-corrected chi connectivity index (χ0v) is 22.3. The van der Waals surface area contributed by atoms with Crippen molar-refractivity contribution < 1.29 is 13.9 Å².